The van der Waals surface area contributed by atoms with Gasteiger partial charge in [0.1, 0.15) is 17.3 Å². The molecule has 0 amide bonds. The van der Waals surface area contributed by atoms with E-state index in [-0.39, 0.29) is 5.28 Å². The topological polar surface area (TPSA) is 74.7 Å². The fourth-order valence-corrected chi connectivity index (χ4v) is 2.74. The molecule has 0 atom stereocenters. The molecule has 0 bridgehead atoms. The number of fused-ring (bicyclic) bond motifs is 1. The Hall–Kier alpha value is -2.93. The first kappa shape index (κ1) is 17.9. The van der Waals surface area contributed by atoms with E-state index >= 15 is 0 Å². The zero-order valence-electron chi connectivity index (χ0n) is 14.8. The van der Waals surface area contributed by atoms with Gasteiger partial charge in [-0.05, 0) is 29.8 Å². The van der Waals surface area contributed by atoms with E-state index in [0.717, 1.165) is 5.39 Å². The van der Waals surface area contributed by atoms with Crippen LogP contribution >= 0.6 is 11.6 Å². The Bertz CT molecular complexity index is 949. The molecule has 0 saturated carbocycles. The van der Waals surface area contributed by atoms with E-state index in [4.69, 9.17) is 30.5 Å². The van der Waals surface area contributed by atoms with Crippen molar-refractivity contribution >= 4 is 34.0 Å². The summed E-state index contributed by atoms with van der Waals surface area (Å²) in [4.78, 5) is 8.57. The molecule has 3 rings (SSSR count). The van der Waals surface area contributed by atoms with Gasteiger partial charge >= 0.3 is 0 Å². The van der Waals surface area contributed by atoms with Crippen LogP contribution in [0.3, 0.4) is 0 Å². The summed E-state index contributed by atoms with van der Waals surface area (Å²) in [5.41, 5.74) is 1.30. The van der Waals surface area contributed by atoms with E-state index in [1.165, 1.54) is 0 Å². The molecule has 0 aliphatic rings. The number of nitrogens with zero attached hydrogens (tertiary/aromatic N) is 2. The lowest BCUT2D eigenvalue weighted by atomic mass is 10.2. The summed E-state index contributed by atoms with van der Waals surface area (Å²) in [6, 6.07) is 8.95. The Morgan fingerprint density at radius 2 is 1.50 bits per heavy atom. The van der Waals surface area contributed by atoms with Crippen LogP contribution in [0.5, 0.6) is 23.0 Å². The summed E-state index contributed by atoms with van der Waals surface area (Å²) in [5, 5.41) is 4.06. The Morgan fingerprint density at radius 1 is 0.808 bits per heavy atom. The van der Waals surface area contributed by atoms with Gasteiger partial charge in [-0.2, -0.15) is 4.98 Å². The zero-order valence-corrected chi connectivity index (χ0v) is 15.5. The third-order valence-corrected chi connectivity index (χ3v) is 4.00. The van der Waals surface area contributed by atoms with Crippen molar-refractivity contribution < 1.29 is 18.9 Å². The standard InChI is InChI=1S/C18H18ClN3O4/c1-23-10-5-6-14(24-2)13(7-10)20-17-11-8-15(25-3)16(26-4)9-12(11)21-18(19)22-17/h5-9H,1-4H3,(H,20,21,22). The van der Waals surface area contributed by atoms with Gasteiger partial charge in [-0.3, -0.25) is 0 Å². The van der Waals surface area contributed by atoms with Crippen molar-refractivity contribution in [3.63, 3.8) is 0 Å². The van der Waals surface area contributed by atoms with Gasteiger partial charge in [0, 0.05) is 17.5 Å². The first-order valence-corrected chi connectivity index (χ1v) is 8.05. The molecule has 26 heavy (non-hydrogen) atoms. The summed E-state index contributed by atoms with van der Waals surface area (Å²) >= 11 is 6.10. The van der Waals surface area contributed by atoms with Crippen molar-refractivity contribution in [1.82, 2.24) is 9.97 Å². The van der Waals surface area contributed by atoms with E-state index in [1.807, 2.05) is 6.07 Å². The Labute approximate surface area is 155 Å². The van der Waals surface area contributed by atoms with Crippen molar-refractivity contribution in [3.05, 3.63) is 35.6 Å². The molecule has 7 nitrogen and oxygen atoms in total. The molecule has 0 aliphatic heterocycles. The summed E-state index contributed by atoms with van der Waals surface area (Å²) in [6.45, 7) is 0. The van der Waals surface area contributed by atoms with E-state index < -0.39 is 0 Å². The van der Waals surface area contributed by atoms with Crippen molar-refractivity contribution in [1.29, 1.82) is 0 Å². The third-order valence-electron chi connectivity index (χ3n) is 3.83. The van der Waals surface area contributed by atoms with Crippen LogP contribution in [0.2, 0.25) is 5.28 Å². The van der Waals surface area contributed by atoms with Crippen LogP contribution in [-0.2, 0) is 0 Å². The molecule has 0 radical (unpaired) electrons. The number of aromatic nitrogens is 2. The van der Waals surface area contributed by atoms with Crippen LogP contribution in [0.4, 0.5) is 11.5 Å². The number of hydrogen-bond acceptors (Lipinski definition) is 7. The van der Waals surface area contributed by atoms with Crippen molar-refractivity contribution in [2.75, 3.05) is 33.8 Å². The smallest absolute Gasteiger partial charge is 0.224 e. The van der Waals surface area contributed by atoms with Crippen LogP contribution in [0, 0.1) is 0 Å². The summed E-state index contributed by atoms with van der Waals surface area (Å²) in [7, 11) is 6.32. The Balaban J connectivity index is 2.16. The average molecular weight is 376 g/mol. The summed E-state index contributed by atoms with van der Waals surface area (Å²) in [6.07, 6.45) is 0. The second-order valence-corrected chi connectivity index (χ2v) is 5.59. The van der Waals surface area contributed by atoms with Crippen LogP contribution in [0.25, 0.3) is 10.9 Å². The van der Waals surface area contributed by atoms with Gasteiger partial charge < -0.3 is 24.3 Å². The van der Waals surface area contributed by atoms with Gasteiger partial charge in [-0.1, -0.05) is 0 Å². The molecule has 0 spiro atoms. The number of hydrogen-bond donors (Lipinski definition) is 1. The van der Waals surface area contributed by atoms with Gasteiger partial charge in [0.25, 0.3) is 0 Å². The van der Waals surface area contributed by atoms with Crippen LogP contribution < -0.4 is 24.3 Å². The average Bonchev–Trinajstić information content (AvgIpc) is 2.66. The second-order valence-electron chi connectivity index (χ2n) is 5.26. The number of nitrogens with one attached hydrogen (secondary N) is 1. The number of ether oxygens (including phenoxy) is 4. The molecule has 1 N–H and O–H groups in total. The van der Waals surface area contributed by atoms with Gasteiger partial charge in [0.2, 0.25) is 5.28 Å². The fourth-order valence-electron chi connectivity index (χ4n) is 2.56. The maximum atomic E-state index is 6.10. The normalized spacial score (nSPS) is 10.5. The lowest BCUT2D eigenvalue weighted by molar-refractivity contribution is 0.356. The lowest BCUT2D eigenvalue weighted by Gasteiger charge is -2.15. The number of methoxy groups -OCH3 is 4. The van der Waals surface area contributed by atoms with E-state index in [9.17, 15) is 0 Å². The van der Waals surface area contributed by atoms with E-state index in [2.05, 4.69) is 15.3 Å². The highest BCUT2D eigenvalue weighted by atomic mass is 35.5. The molecule has 1 aromatic heterocycles. The zero-order chi connectivity index (χ0) is 18.7. The maximum Gasteiger partial charge on any atom is 0.224 e. The third kappa shape index (κ3) is 3.39. The van der Waals surface area contributed by atoms with Crippen molar-refractivity contribution in [2.24, 2.45) is 0 Å². The summed E-state index contributed by atoms with van der Waals surface area (Å²) < 4.78 is 21.4. The molecule has 0 aliphatic carbocycles. The Morgan fingerprint density at radius 3 is 2.15 bits per heavy atom. The van der Waals surface area contributed by atoms with E-state index in [1.54, 1.807) is 52.7 Å². The summed E-state index contributed by atoms with van der Waals surface area (Å²) in [5.74, 6) is 2.94. The molecular formula is C18H18ClN3O4. The maximum absolute atomic E-state index is 6.10. The molecule has 0 saturated heterocycles. The predicted octanol–water partition coefficient (Wildman–Crippen LogP) is 4.06. The monoisotopic (exact) mass is 375 g/mol. The molecular weight excluding hydrogens is 358 g/mol. The second kappa shape index (κ2) is 7.53. The molecule has 136 valence electrons. The number of benzene rings is 2. The first-order chi connectivity index (χ1) is 12.6. The predicted molar refractivity (Wildman–Crippen MR) is 100 cm³/mol. The molecule has 3 aromatic rings. The SMILES string of the molecule is COc1ccc(OC)c(Nc2nc(Cl)nc3cc(OC)c(OC)cc23)c1. The number of halogens is 1. The van der Waals surface area contributed by atoms with Gasteiger partial charge in [0.15, 0.2) is 11.5 Å². The number of anilines is 2. The highest BCUT2D eigenvalue weighted by molar-refractivity contribution is 6.28. The van der Waals surface area contributed by atoms with Gasteiger partial charge in [-0.25, -0.2) is 4.98 Å². The van der Waals surface area contributed by atoms with E-state index in [0.29, 0.717) is 40.0 Å². The molecule has 0 fully saturated rings. The molecule has 0 unspecified atom stereocenters. The number of rotatable bonds is 6. The van der Waals surface area contributed by atoms with Gasteiger partial charge in [0.05, 0.1) is 39.6 Å². The van der Waals surface area contributed by atoms with Crippen LogP contribution in [0.1, 0.15) is 0 Å². The minimum atomic E-state index is 0.106. The van der Waals surface area contributed by atoms with Crippen LogP contribution in [0.15, 0.2) is 30.3 Å². The first-order valence-electron chi connectivity index (χ1n) is 7.68. The highest BCUT2D eigenvalue weighted by Crippen LogP contribution is 2.37. The quantitative estimate of drug-likeness (QED) is 0.651. The molecule has 8 heteroatoms. The highest BCUT2D eigenvalue weighted by Gasteiger charge is 2.14. The Kier molecular flexibility index (Phi) is 5.18. The molecule has 2 aromatic carbocycles. The minimum Gasteiger partial charge on any atom is -0.497 e. The van der Waals surface area contributed by atoms with Crippen molar-refractivity contribution in [3.8, 4) is 23.0 Å². The van der Waals surface area contributed by atoms with Gasteiger partial charge in [-0.15, -0.1) is 0 Å². The minimum absolute atomic E-state index is 0.106. The van der Waals surface area contributed by atoms with Crippen molar-refractivity contribution in [2.45, 2.75) is 0 Å². The van der Waals surface area contributed by atoms with Crippen LogP contribution in [-0.4, -0.2) is 38.4 Å². The lowest BCUT2D eigenvalue weighted by Crippen LogP contribution is -2.01. The largest absolute Gasteiger partial charge is 0.497 e. The molecule has 1 heterocycles. The fraction of sp³-hybridized carbons (Fsp3) is 0.222.